The summed E-state index contributed by atoms with van der Waals surface area (Å²) in [7, 11) is -2.87. The molecular weight excluding hydrogens is 280 g/mol. The molecule has 0 saturated heterocycles. The van der Waals surface area contributed by atoms with Crippen molar-refractivity contribution < 1.29 is 22.0 Å². The lowest BCUT2D eigenvalue weighted by Crippen LogP contribution is -2.30. The molecule has 106 valence electrons. The minimum atomic E-state index is -4.26. The number of rotatable bonds is 5. The number of nitrogens with two attached hydrogens (primary N) is 1. The van der Waals surface area contributed by atoms with E-state index in [0.29, 0.717) is 6.07 Å². The van der Waals surface area contributed by atoms with Crippen molar-refractivity contribution in [1.29, 1.82) is 0 Å². The van der Waals surface area contributed by atoms with Gasteiger partial charge in [-0.05, 0) is 12.1 Å². The van der Waals surface area contributed by atoms with Crippen molar-refractivity contribution in [3.05, 3.63) is 23.8 Å². The zero-order valence-corrected chi connectivity index (χ0v) is 10.9. The zero-order valence-electron chi connectivity index (χ0n) is 10.0. The summed E-state index contributed by atoms with van der Waals surface area (Å²) in [4.78, 5) is 10.0. The van der Waals surface area contributed by atoms with E-state index in [1.54, 1.807) is 0 Å². The fraction of sp³-hybridized carbons (Fsp3) is 0.300. The third kappa shape index (κ3) is 3.86. The first-order valence-electron chi connectivity index (χ1n) is 5.22. The van der Waals surface area contributed by atoms with E-state index < -0.39 is 26.6 Å². The summed E-state index contributed by atoms with van der Waals surface area (Å²) in [5.74, 6) is -3.25. The SMILES string of the molecule is CNC(=O)CCNS(=O)(=O)c1cc(N)cc(F)c1F. The van der Waals surface area contributed by atoms with Crippen molar-refractivity contribution in [3.63, 3.8) is 0 Å². The van der Waals surface area contributed by atoms with Crippen molar-refractivity contribution in [2.75, 3.05) is 19.3 Å². The summed E-state index contributed by atoms with van der Waals surface area (Å²) < 4.78 is 51.9. The minimum Gasteiger partial charge on any atom is -0.399 e. The second kappa shape index (κ2) is 5.93. The quantitative estimate of drug-likeness (QED) is 0.663. The number of amides is 1. The number of nitrogen functional groups attached to an aromatic ring is 1. The molecule has 0 heterocycles. The molecule has 0 fully saturated rings. The number of benzene rings is 1. The van der Waals surface area contributed by atoms with Crippen LogP contribution in [-0.2, 0) is 14.8 Å². The fourth-order valence-electron chi connectivity index (χ4n) is 1.28. The molecule has 0 aromatic heterocycles. The molecule has 1 amide bonds. The van der Waals surface area contributed by atoms with Crippen LogP contribution >= 0.6 is 0 Å². The van der Waals surface area contributed by atoms with Crippen LogP contribution in [0.1, 0.15) is 6.42 Å². The van der Waals surface area contributed by atoms with Gasteiger partial charge in [0.25, 0.3) is 0 Å². The predicted octanol–water partition coefficient (Wildman–Crippen LogP) is -0.0386. The number of carbonyl (C=O) groups excluding carboxylic acids is 1. The van der Waals surface area contributed by atoms with Crippen LogP contribution in [0.5, 0.6) is 0 Å². The van der Waals surface area contributed by atoms with Gasteiger partial charge in [-0.2, -0.15) is 0 Å². The van der Waals surface area contributed by atoms with E-state index in [2.05, 4.69) is 5.32 Å². The van der Waals surface area contributed by atoms with Crippen molar-refractivity contribution in [1.82, 2.24) is 10.0 Å². The van der Waals surface area contributed by atoms with Gasteiger partial charge in [-0.1, -0.05) is 0 Å². The normalized spacial score (nSPS) is 11.3. The molecule has 0 saturated carbocycles. The van der Waals surface area contributed by atoms with E-state index in [1.165, 1.54) is 7.05 Å². The third-order valence-corrected chi connectivity index (χ3v) is 3.69. The highest BCUT2D eigenvalue weighted by Crippen LogP contribution is 2.20. The number of nitrogens with one attached hydrogen (secondary N) is 2. The smallest absolute Gasteiger partial charge is 0.243 e. The average Bonchev–Trinajstić information content (AvgIpc) is 2.33. The van der Waals surface area contributed by atoms with E-state index in [-0.39, 0.29) is 24.6 Å². The van der Waals surface area contributed by atoms with Crippen molar-refractivity contribution in [2.24, 2.45) is 0 Å². The number of halogens is 2. The van der Waals surface area contributed by atoms with E-state index in [0.717, 1.165) is 6.07 Å². The molecule has 4 N–H and O–H groups in total. The first-order chi connectivity index (χ1) is 8.77. The second-order valence-electron chi connectivity index (χ2n) is 3.64. The van der Waals surface area contributed by atoms with Gasteiger partial charge >= 0.3 is 0 Å². The molecule has 1 aromatic rings. The maximum atomic E-state index is 13.4. The maximum absolute atomic E-state index is 13.4. The lowest BCUT2D eigenvalue weighted by molar-refractivity contribution is -0.120. The van der Waals surface area contributed by atoms with E-state index >= 15 is 0 Å². The summed E-state index contributed by atoms with van der Waals surface area (Å²) in [5.41, 5.74) is 5.04. The molecular formula is C10H13F2N3O3S. The van der Waals surface area contributed by atoms with Crippen LogP contribution in [0.25, 0.3) is 0 Å². The Hall–Kier alpha value is -1.74. The van der Waals surface area contributed by atoms with Gasteiger partial charge in [0.15, 0.2) is 11.6 Å². The van der Waals surface area contributed by atoms with E-state index in [4.69, 9.17) is 5.73 Å². The number of anilines is 1. The van der Waals surface area contributed by atoms with Crippen LogP contribution in [0.2, 0.25) is 0 Å². The van der Waals surface area contributed by atoms with Gasteiger partial charge in [-0.3, -0.25) is 4.79 Å². The number of hydrogen-bond donors (Lipinski definition) is 3. The van der Waals surface area contributed by atoms with Crippen LogP contribution in [0.3, 0.4) is 0 Å². The number of carbonyl (C=O) groups is 1. The summed E-state index contributed by atoms with van der Waals surface area (Å²) >= 11 is 0. The van der Waals surface area contributed by atoms with Crippen LogP contribution in [0, 0.1) is 11.6 Å². The zero-order chi connectivity index (χ0) is 14.6. The van der Waals surface area contributed by atoms with Gasteiger partial charge < -0.3 is 11.1 Å². The Bertz CT molecular complexity index is 590. The molecule has 0 atom stereocenters. The number of sulfonamides is 1. The monoisotopic (exact) mass is 293 g/mol. The second-order valence-corrected chi connectivity index (χ2v) is 5.37. The van der Waals surface area contributed by atoms with Crippen molar-refractivity contribution >= 4 is 21.6 Å². The van der Waals surface area contributed by atoms with Crippen LogP contribution in [0.15, 0.2) is 17.0 Å². The molecule has 9 heteroatoms. The largest absolute Gasteiger partial charge is 0.399 e. The van der Waals surface area contributed by atoms with Gasteiger partial charge in [-0.25, -0.2) is 21.9 Å². The van der Waals surface area contributed by atoms with Crippen LogP contribution in [0.4, 0.5) is 14.5 Å². The molecule has 6 nitrogen and oxygen atoms in total. The topological polar surface area (TPSA) is 101 Å². The third-order valence-electron chi connectivity index (χ3n) is 2.23. The Balaban J connectivity index is 2.92. The van der Waals surface area contributed by atoms with Crippen LogP contribution in [-0.4, -0.2) is 27.9 Å². The van der Waals surface area contributed by atoms with Gasteiger partial charge in [0, 0.05) is 25.7 Å². The Labute approximate surface area is 109 Å². The molecule has 0 radical (unpaired) electrons. The summed E-state index contributed by atoms with van der Waals surface area (Å²) in [6.45, 7) is -0.238. The first kappa shape index (κ1) is 15.3. The standard InChI is InChI=1S/C10H13F2N3O3S/c1-14-9(16)2-3-15-19(17,18)8-5-6(13)4-7(11)10(8)12/h4-5,15H,2-3,13H2,1H3,(H,14,16). The lowest BCUT2D eigenvalue weighted by atomic mass is 10.3. The summed E-state index contributed by atoms with van der Waals surface area (Å²) in [5, 5.41) is 2.29. The summed E-state index contributed by atoms with van der Waals surface area (Å²) in [6.07, 6.45) is -0.123. The Kier molecular flexibility index (Phi) is 4.78. The molecule has 19 heavy (non-hydrogen) atoms. The molecule has 0 aliphatic carbocycles. The molecule has 0 bridgehead atoms. The molecule has 0 aliphatic heterocycles. The highest BCUT2D eigenvalue weighted by atomic mass is 32.2. The minimum absolute atomic E-state index is 0.123. The molecule has 0 unspecified atom stereocenters. The average molecular weight is 293 g/mol. The van der Waals surface area contributed by atoms with E-state index in [9.17, 15) is 22.0 Å². The van der Waals surface area contributed by atoms with Crippen LogP contribution < -0.4 is 15.8 Å². The summed E-state index contributed by atoms with van der Waals surface area (Å²) in [6, 6.07) is 1.49. The predicted molar refractivity (Wildman–Crippen MR) is 64.6 cm³/mol. The lowest BCUT2D eigenvalue weighted by Gasteiger charge is -2.08. The fourth-order valence-corrected chi connectivity index (χ4v) is 2.43. The van der Waals surface area contributed by atoms with Gasteiger partial charge in [0.2, 0.25) is 15.9 Å². The van der Waals surface area contributed by atoms with E-state index in [1.807, 2.05) is 4.72 Å². The highest BCUT2D eigenvalue weighted by Gasteiger charge is 2.22. The van der Waals surface area contributed by atoms with Crippen molar-refractivity contribution in [3.8, 4) is 0 Å². The van der Waals surface area contributed by atoms with Gasteiger partial charge in [-0.15, -0.1) is 0 Å². The first-order valence-corrected chi connectivity index (χ1v) is 6.71. The Morgan fingerprint density at radius 2 is 2.00 bits per heavy atom. The highest BCUT2D eigenvalue weighted by molar-refractivity contribution is 7.89. The maximum Gasteiger partial charge on any atom is 0.243 e. The van der Waals surface area contributed by atoms with Gasteiger partial charge in [0.1, 0.15) is 4.90 Å². The Morgan fingerprint density at radius 1 is 1.37 bits per heavy atom. The Morgan fingerprint density at radius 3 is 2.58 bits per heavy atom. The number of hydrogen-bond acceptors (Lipinski definition) is 4. The molecule has 1 rings (SSSR count). The molecule has 1 aromatic carbocycles. The van der Waals surface area contributed by atoms with Crippen molar-refractivity contribution in [2.45, 2.75) is 11.3 Å². The molecule has 0 spiro atoms. The molecule has 0 aliphatic rings. The van der Waals surface area contributed by atoms with Gasteiger partial charge in [0.05, 0.1) is 0 Å².